The Balaban J connectivity index is 1.35. The number of aromatic nitrogens is 1. The third kappa shape index (κ3) is 6.82. The van der Waals surface area contributed by atoms with Crippen LogP contribution in [0, 0.1) is 5.41 Å². The zero-order valence-electron chi connectivity index (χ0n) is 19.1. The molecule has 1 aromatic carbocycles. The van der Waals surface area contributed by atoms with Crippen LogP contribution >= 0.6 is 0 Å². The highest BCUT2D eigenvalue weighted by molar-refractivity contribution is 6.10. The van der Waals surface area contributed by atoms with Crippen molar-refractivity contribution < 1.29 is 13.9 Å². The van der Waals surface area contributed by atoms with Crippen LogP contribution in [0.25, 0.3) is 11.6 Å². The first-order chi connectivity index (χ1) is 16.5. The molecule has 0 atom stereocenters. The van der Waals surface area contributed by atoms with E-state index in [-0.39, 0.29) is 12.5 Å². The van der Waals surface area contributed by atoms with Crippen LogP contribution in [0.2, 0.25) is 0 Å². The summed E-state index contributed by atoms with van der Waals surface area (Å²) in [5.41, 5.74) is 2.80. The van der Waals surface area contributed by atoms with Gasteiger partial charge in [0.15, 0.2) is 0 Å². The number of hydrogen-bond donors (Lipinski definition) is 3. The maximum absolute atomic E-state index is 13.8. The lowest BCUT2D eigenvalue weighted by molar-refractivity contribution is -0.111. The molecule has 1 aromatic heterocycles. The van der Waals surface area contributed by atoms with E-state index in [1.54, 1.807) is 30.7 Å². The van der Waals surface area contributed by atoms with E-state index < -0.39 is 5.67 Å². The van der Waals surface area contributed by atoms with Crippen molar-refractivity contribution in [1.82, 2.24) is 15.2 Å². The van der Waals surface area contributed by atoms with Crippen molar-refractivity contribution in [3.63, 3.8) is 0 Å². The zero-order chi connectivity index (χ0) is 23.8. The van der Waals surface area contributed by atoms with Crippen molar-refractivity contribution in [2.24, 2.45) is 0 Å². The van der Waals surface area contributed by atoms with Gasteiger partial charge in [0.1, 0.15) is 5.67 Å². The Morgan fingerprint density at radius 2 is 1.97 bits per heavy atom. The minimum absolute atomic E-state index is 0.230. The number of alkyl halides is 1. The predicted octanol–water partition coefficient (Wildman–Crippen LogP) is 3.65. The highest BCUT2D eigenvalue weighted by atomic mass is 19.1. The first kappa shape index (κ1) is 23.8. The number of benzene rings is 1. The molecule has 1 aliphatic carbocycles. The van der Waals surface area contributed by atoms with Crippen LogP contribution < -0.4 is 10.6 Å². The van der Waals surface area contributed by atoms with Crippen molar-refractivity contribution in [1.29, 1.82) is 5.41 Å². The summed E-state index contributed by atoms with van der Waals surface area (Å²) < 4.78 is 19.2. The lowest BCUT2D eigenvalue weighted by atomic mass is 10.0. The number of hydrogen-bond acceptors (Lipinski definition) is 6. The molecule has 8 heteroatoms. The summed E-state index contributed by atoms with van der Waals surface area (Å²) in [6, 6.07) is 9.61. The molecule has 1 aliphatic heterocycles. The monoisotopic (exact) mass is 463 g/mol. The Labute approximate surface area is 199 Å². The van der Waals surface area contributed by atoms with Gasteiger partial charge in [0.2, 0.25) is 5.91 Å². The van der Waals surface area contributed by atoms with Crippen LogP contribution in [-0.4, -0.2) is 60.5 Å². The molecule has 1 amide bonds. The lowest BCUT2D eigenvalue weighted by Gasteiger charge is -2.26. The van der Waals surface area contributed by atoms with Crippen LogP contribution in [0.5, 0.6) is 0 Å². The molecule has 0 radical (unpaired) electrons. The molecule has 0 unspecified atom stereocenters. The van der Waals surface area contributed by atoms with Crippen LogP contribution in [0.1, 0.15) is 29.5 Å². The number of nitrogens with zero attached hydrogens (tertiary/aromatic N) is 2. The molecule has 2 aromatic rings. The summed E-state index contributed by atoms with van der Waals surface area (Å²) in [6.45, 7) is 4.50. The van der Waals surface area contributed by atoms with Crippen LogP contribution in [0.4, 0.5) is 10.1 Å². The molecule has 34 heavy (non-hydrogen) atoms. The average Bonchev–Trinajstić information content (AvgIpc) is 3.60. The van der Waals surface area contributed by atoms with Crippen molar-refractivity contribution in [3.05, 3.63) is 71.7 Å². The molecule has 4 rings (SSSR count). The van der Waals surface area contributed by atoms with E-state index in [1.165, 1.54) is 17.9 Å². The Bertz CT molecular complexity index is 1060. The van der Waals surface area contributed by atoms with E-state index in [0.717, 1.165) is 44.1 Å². The van der Waals surface area contributed by atoms with E-state index in [2.05, 4.69) is 20.5 Å². The van der Waals surface area contributed by atoms with E-state index in [0.29, 0.717) is 24.0 Å². The number of allylic oxidation sites excluding steroid dienone is 1. The van der Waals surface area contributed by atoms with Crippen LogP contribution in [-0.2, 0) is 16.1 Å². The summed E-state index contributed by atoms with van der Waals surface area (Å²) in [7, 11) is 0. The zero-order valence-corrected chi connectivity index (χ0v) is 19.1. The minimum Gasteiger partial charge on any atom is -0.387 e. The average molecular weight is 464 g/mol. The van der Waals surface area contributed by atoms with Gasteiger partial charge in [-0.2, -0.15) is 0 Å². The maximum Gasteiger partial charge on any atom is 0.248 e. The smallest absolute Gasteiger partial charge is 0.248 e. The molecular formula is C26H30FN5O2. The largest absolute Gasteiger partial charge is 0.387 e. The van der Waals surface area contributed by atoms with Gasteiger partial charge in [0, 0.05) is 73.9 Å². The van der Waals surface area contributed by atoms with Crippen molar-refractivity contribution in [2.75, 3.05) is 38.2 Å². The van der Waals surface area contributed by atoms with Gasteiger partial charge in [-0.15, -0.1) is 0 Å². The summed E-state index contributed by atoms with van der Waals surface area (Å²) in [6.07, 6.45) is 10.4. The van der Waals surface area contributed by atoms with Gasteiger partial charge in [0.05, 0.1) is 13.2 Å². The van der Waals surface area contributed by atoms with Gasteiger partial charge in [-0.3, -0.25) is 14.7 Å². The number of carbonyl (C=O) groups excluding carboxylic acids is 1. The molecule has 3 N–H and O–H groups in total. The Hall–Kier alpha value is -3.36. The normalized spacial score (nSPS) is 18.0. The van der Waals surface area contributed by atoms with Gasteiger partial charge in [-0.1, -0.05) is 12.1 Å². The standard InChI is InChI=1S/C26H30FN5O2/c27-26(8-9-26)19-30-17-22(15-28)24-7-10-29-16-21(24)3-6-25(33)31-23-4-1-20(2-5-23)18-32-11-13-34-14-12-32/h1-7,10,15-17,28,30H,8-9,11-14,18-19H2,(H,31,33)/b6-3+,22-17+,28-15?. The van der Waals surface area contributed by atoms with Crippen molar-refractivity contribution in [2.45, 2.75) is 25.1 Å². The van der Waals surface area contributed by atoms with Gasteiger partial charge in [-0.05, 0) is 48.2 Å². The maximum atomic E-state index is 13.8. The first-order valence-electron chi connectivity index (χ1n) is 11.5. The molecular weight excluding hydrogens is 433 g/mol. The Morgan fingerprint density at radius 1 is 1.21 bits per heavy atom. The van der Waals surface area contributed by atoms with Gasteiger partial charge >= 0.3 is 0 Å². The number of ether oxygens (including phenoxy) is 1. The third-order valence-corrected chi connectivity index (χ3v) is 5.93. The fourth-order valence-electron chi connectivity index (χ4n) is 3.72. The molecule has 2 fully saturated rings. The van der Waals surface area contributed by atoms with E-state index in [1.807, 2.05) is 24.3 Å². The molecule has 1 saturated carbocycles. The number of morpholine rings is 1. The molecule has 1 saturated heterocycles. The summed E-state index contributed by atoms with van der Waals surface area (Å²) in [4.78, 5) is 19.0. The molecule has 7 nitrogen and oxygen atoms in total. The second kappa shape index (κ2) is 11.2. The number of anilines is 1. The number of nitrogens with one attached hydrogen (secondary N) is 3. The fraction of sp³-hybridized carbons (Fsp3) is 0.346. The number of halogens is 1. The Morgan fingerprint density at radius 3 is 2.68 bits per heavy atom. The van der Waals surface area contributed by atoms with Crippen molar-refractivity contribution in [3.8, 4) is 0 Å². The SMILES string of the molecule is N=C/C(=C\NCC1(F)CC1)c1ccncc1/C=C/C(=O)Nc1ccc(CN2CCOCC2)cc1. The Kier molecular flexibility index (Phi) is 7.82. The topological polar surface area (TPSA) is 90.3 Å². The lowest BCUT2D eigenvalue weighted by Crippen LogP contribution is -2.35. The number of carbonyl (C=O) groups is 1. The quantitative estimate of drug-likeness (QED) is 0.370. The highest BCUT2D eigenvalue weighted by Crippen LogP contribution is 2.38. The van der Waals surface area contributed by atoms with Crippen LogP contribution in [0.3, 0.4) is 0 Å². The molecule has 2 heterocycles. The van der Waals surface area contributed by atoms with Crippen LogP contribution in [0.15, 0.2) is 55.0 Å². The van der Waals surface area contributed by atoms with Gasteiger partial charge in [-0.25, -0.2) is 4.39 Å². The van der Waals surface area contributed by atoms with E-state index in [9.17, 15) is 9.18 Å². The molecule has 0 bridgehead atoms. The highest BCUT2D eigenvalue weighted by Gasteiger charge is 2.42. The number of pyridine rings is 1. The van der Waals surface area contributed by atoms with Gasteiger partial charge < -0.3 is 20.8 Å². The second-order valence-corrected chi connectivity index (χ2v) is 8.65. The van der Waals surface area contributed by atoms with E-state index in [4.69, 9.17) is 10.1 Å². The summed E-state index contributed by atoms with van der Waals surface area (Å²) in [5, 5.41) is 13.6. The van der Waals surface area contributed by atoms with Gasteiger partial charge in [0.25, 0.3) is 0 Å². The first-order valence-corrected chi connectivity index (χ1v) is 11.5. The molecule has 0 spiro atoms. The second-order valence-electron chi connectivity index (χ2n) is 8.65. The minimum atomic E-state index is -1.12. The van der Waals surface area contributed by atoms with Crippen molar-refractivity contribution >= 4 is 29.5 Å². The summed E-state index contributed by atoms with van der Waals surface area (Å²) in [5.74, 6) is -0.262. The van der Waals surface area contributed by atoms with E-state index >= 15 is 0 Å². The summed E-state index contributed by atoms with van der Waals surface area (Å²) >= 11 is 0. The fourth-order valence-corrected chi connectivity index (χ4v) is 3.72. The number of amides is 1. The molecule has 2 aliphatic rings. The predicted molar refractivity (Wildman–Crippen MR) is 132 cm³/mol. The third-order valence-electron chi connectivity index (χ3n) is 5.93. The molecule has 178 valence electrons. The number of rotatable bonds is 10.